The maximum Gasteiger partial charge on any atom is 0.304 e. The van der Waals surface area contributed by atoms with Gasteiger partial charge in [-0.05, 0) is 59.7 Å². The molecule has 2 amide bonds. The van der Waals surface area contributed by atoms with E-state index in [0.717, 1.165) is 8.95 Å². The third-order valence-corrected chi connectivity index (χ3v) is 9.44. The predicted octanol–water partition coefficient (Wildman–Crippen LogP) is 6.40. The van der Waals surface area contributed by atoms with Crippen LogP contribution in [0.15, 0.2) is 129 Å². The Labute approximate surface area is 303 Å². The first-order valence-corrected chi connectivity index (χ1v) is 17.0. The molecule has 2 aliphatic heterocycles. The molecule has 0 bridgehead atoms. The van der Waals surface area contributed by atoms with Crippen LogP contribution in [-0.4, -0.2) is 46.4 Å². The molecule has 0 unspecified atom stereocenters. The highest BCUT2D eigenvalue weighted by atomic mass is 79.9. The van der Waals surface area contributed by atoms with Gasteiger partial charge in [-0.3, -0.25) is 29.0 Å². The van der Waals surface area contributed by atoms with E-state index >= 15 is 0 Å². The van der Waals surface area contributed by atoms with Crippen LogP contribution >= 0.6 is 56.3 Å². The van der Waals surface area contributed by atoms with Crippen LogP contribution in [0.25, 0.3) is 11.4 Å². The maximum absolute atomic E-state index is 13.5. The van der Waals surface area contributed by atoms with Crippen LogP contribution in [0.2, 0.25) is 0 Å². The Kier molecular flexibility index (Phi) is 9.88. The van der Waals surface area contributed by atoms with Gasteiger partial charge in [0.05, 0.1) is 33.9 Å². The lowest BCUT2D eigenvalue weighted by atomic mass is 10.0. The number of carbonyl (C=O) groups excluding carboxylic acids is 4. The fourth-order valence-electron chi connectivity index (χ4n) is 5.36. The average molecular weight is 801 g/mol. The molecule has 2 aliphatic rings. The lowest BCUT2D eigenvalue weighted by molar-refractivity contribution is -0.132. The molecule has 48 heavy (non-hydrogen) atoms. The Morgan fingerprint density at radius 2 is 0.854 bits per heavy atom. The molecular formula is C36H24Br2N4O4S2. The molecule has 8 nitrogen and oxygen atoms in total. The van der Waals surface area contributed by atoms with E-state index in [9.17, 15) is 19.2 Å². The Balaban J connectivity index is 1.31. The van der Waals surface area contributed by atoms with E-state index < -0.39 is 23.4 Å². The second-order valence-corrected chi connectivity index (χ2v) is 13.2. The van der Waals surface area contributed by atoms with Crippen LogP contribution in [-0.2, 0) is 19.2 Å². The van der Waals surface area contributed by atoms with E-state index in [1.54, 1.807) is 48.5 Å². The van der Waals surface area contributed by atoms with Crippen LogP contribution < -0.4 is 20.4 Å². The van der Waals surface area contributed by atoms with Gasteiger partial charge in [-0.1, -0.05) is 117 Å². The molecule has 238 valence electrons. The van der Waals surface area contributed by atoms with E-state index in [4.69, 9.17) is 24.4 Å². The first-order valence-electron chi connectivity index (χ1n) is 14.6. The smallest absolute Gasteiger partial charge is 0.304 e. The fourth-order valence-corrected chi connectivity index (χ4v) is 6.66. The van der Waals surface area contributed by atoms with Crippen molar-refractivity contribution in [1.82, 2.24) is 10.6 Å². The summed E-state index contributed by atoms with van der Waals surface area (Å²) in [5.41, 5.74) is 3.28. The van der Waals surface area contributed by atoms with Gasteiger partial charge >= 0.3 is 11.8 Å². The second kappa shape index (κ2) is 14.2. The van der Waals surface area contributed by atoms with Gasteiger partial charge in [-0.15, -0.1) is 0 Å². The molecule has 0 aliphatic carbocycles. The highest BCUT2D eigenvalue weighted by Gasteiger charge is 2.43. The number of Topliss-reactive ketones (excluding diaryl/α,β-unsaturated/α-hetero) is 2. The number of benzene rings is 4. The van der Waals surface area contributed by atoms with Gasteiger partial charge in [0.15, 0.2) is 0 Å². The number of thiocarbonyl (C=S) groups is 2. The fraction of sp³-hybridized carbons (Fsp3) is 0.0556. The molecule has 4 aromatic rings. The van der Waals surface area contributed by atoms with Gasteiger partial charge in [-0.25, -0.2) is 0 Å². The van der Waals surface area contributed by atoms with Gasteiger partial charge < -0.3 is 10.6 Å². The van der Waals surface area contributed by atoms with Gasteiger partial charge in [0, 0.05) is 22.0 Å². The summed E-state index contributed by atoms with van der Waals surface area (Å²) in [5.74, 6) is -2.92. The molecule has 4 aromatic carbocycles. The lowest BCUT2D eigenvalue weighted by Gasteiger charge is -2.19. The number of rotatable bonds is 9. The van der Waals surface area contributed by atoms with E-state index in [-0.39, 0.29) is 34.2 Å². The van der Waals surface area contributed by atoms with Gasteiger partial charge in [0.25, 0.3) is 11.6 Å². The monoisotopic (exact) mass is 798 g/mol. The minimum absolute atomic E-state index is 0.0900. The highest BCUT2D eigenvalue weighted by Crippen LogP contribution is 2.32. The van der Waals surface area contributed by atoms with Crippen molar-refractivity contribution in [3.8, 4) is 0 Å². The number of carbonyl (C=O) groups is 4. The molecule has 12 heteroatoms. The normalized spacial score (nSPS) is 17.0. The number of nitrogens with one attached hydrogen (secondary N) is 2. The Morgan fingerprint density at radius 3 is 1.19 bits per heavy atom. The van der Waals surface area contributed by atoms with E-state index in [0.29, 0.717) is 33.9 Å². The minimum atomic E-state index is -0.741. The zero-order chi connectivity index (χ0) is 33.9. The number of anilines is 2. The Morgan fingerprint density at radius 1 is 0.521 bits per heavy atom. The summed E-state index contributed by atoms with van der Waals surface area (Å²) in [4.78, 5) is 56.0. The zero-order valence-corrected chi connectivity index (χ0v) is 29.7. The standard InChI is InChI=1S/C36H24Br2N4O4S2/c37-23-11-15-25(16-12-23)41-33(45)31(43)27(35(41)47)29(21-7-3-1-4-8-21)39-19-20-40-30(22-9-5-2-6-10-22)28-32(44)34(46)42(36(28)48)26-17-13-24(38)14-18-26/h1-18,39-40H,19-20H2. The van der Waals surface area contributed by atoms with Crippen molar-refractivity contribution in [1.29, 1.82) is 0 Å². The largest absolute Gasteiger partial charge is 0.382 e. The van der Waals surface area contributed by atoms with Gasteiger partial charge in [0.2, 0.25) is 0 Å². The highest BCUT2D eigenvalue weighted by molar-refractivity contribution is 9.10. The lowest BCUT2D eigenvalue weighted by Crippen LogP contribution is -2.30. The second-order valence-electron chi connectivity index (χ2n) is 10.6. The molecule has 2 saturated heterocycles. The summed E-state index contributed by atoms with van der Waals surface area (Å²) >= 11 is 18.2. The van der Waals surface area contributed by atoms with Crippen molar-refractivity contribution in [2.45, 2.75) is 0 Å². The van der Waals surface area contributed by atoms with Crippen molar-refractivity contribution >= 4 is 112 Å². The number of amides is 2. The molecule has 6 rings (SSSR count). The molecule has 2 fully saturated rings. The van der Waals surface area contributed by atoms with Crippen LogP contribution in [0.4, 0.5) is 11.4 Å². The van der Waals surface area contributed by atoms with Crippen molar-refractivity contribution < 1.29 is 19.2 Å². The summed E-state index contributed by atoms with van der Waals surface area (Å²) in [6, 6.07) is 32.2. The summed E-state index contributed by atoms with van der Waals surface area (Å²) in [6.07, 6.45) is 0. The van der Waals surface area contributed by atoms with Crippen LogP contribution in [0.5, 0.6) is 0 Å². The van der Waals surface area contributed by atoms with Crippen molar-refractivity contribution in [3.05, 3.63) is 140 Å². The molecule has 0 aromatic heterocycles. The van der Waals surface area contributed by atoms with E-state index in [1.165, 1.54) is 9.80 Å². The molecule has 2 heterocycles. The first kappa shape index (κ1) is 33.3. The molecule has 0 saturated carbocycles. The summed E-state index contributed by atoms with van der Waals surface area (Å²) in [5, 5.41) is 6.62. The van der Waals surface area contributed by atoms with Crippen molar-refractivity contribution in [2.24, 2.45) is 0 Å². The average Bonchev–Trinajstić information content (AvgIpc) is 3.45. The number of ketones is 2. The predicted molar refractivity (Wildman–Crippen MR) is 201 cm³/mol. The van der Waals surface area contributed by atoms with Gasteiger partial charge in [0.1, 0.15) is 9.98 Å². The number of hydrogen-bond donors (Lipinski definition) is 2. The van der Waals surface area contributed by atoms with Gasteiger partial charge in [-0.2, -0.15) is 0 Å². The SMILES string of the molecule is O=C1C(=O)N(c2ccc(Br)cc2)C(=S)C1=C(NCCNC(=C1C(=O)C(=O)N(c2ccc(Br)cc2)C1=S)c1ccccc1)c1ccccc1. The Hall–Kier alpha value is -4.62. The number of hydrogen-bond acceptors (Lipinski definition) is 8. The van der Waals surface area contributed by atoms with E-state index in [2.05, 4.69) is 42.5 Å². The molecular weight excluding hydrogens is 776 g/mol. The van der Waals surface area contributed by atoms with Crippen LogP contribution in [0.3, 0.4) is 0 Å². The van der Waals surface area contributed by atoms with E-state index in [1.807, 2.05) is 60.7 Å². The quantitative estimate of drug-likeness (QED) is 0.0870. The maximum atomic E-state index is 13.5. The third kappa shape index (κ3) is 6.44. The topological polar surface area (TPSA) is 98.8 Å². The molecule has 0 atom stereocenters. The molecule has 2 N–H and O–H groups in total. The Bertz CT molecular complexity index is 1900. The molecule has 0 radical (unpaired) electrons. The van der Waals surface area contributed by atoms with Crippen molar-refractivity contribution in [2.75, 3.05) is 22.9 Å². The minimum Gasteiger partial charge on any atom is -0.382 e. The summed E-state index contributed by atoms with van der Waals surface area (Å²) < 4.78 is 1.64. The zero-order valence-electron chi connectivity index (χ0n) is 24.9. The first-order chi connectivity index (χ1) is 23.2. The summed E-state index contributed by atoms with van der Waals surface area (Å²) in [6.45, 7) is 0.482. The summed E-state index contributed by atoms with van der Waals surface area (Å²) in [7, 11) is 0. The van der Waals surface area contributed by atoms with Crippen molar-refractivity contribution in [3.63, 3.8) is 0 Å². The number of nitrogens with zero attached hydrogens (tertiary/aromatic N) is 2. The molecule has 0 spiro atoms. The van der Waals surface area contributed by atoms with Crippen LogP contribution in [0, 0.1) is 0 Å². The number of halogens is 2. The third-order valence-electron chi connectivity index (χ3n) is 7.61. The van der Waals surface area contributed by atoms with Crippen LogP contribution in [0.1, 0.15) is 11.1 Å².